The standard InChI is InChI=1S/C13H10ClNOS/c14-10-3-1-4-11(9-10)15-7-6-12(16)13-5-2-8-17-13/h1-9,15H. The summed E-state index contributed by atoms with van der Waals surface area (Å²) in [5.41, 5.74) is 0.854. The highest BCUT2D eigenvalue weighted by Gasteiger charge is 2.00. The SMILES string of the molecule is O=C(C=CNc1cccc(Cl)c1)c1cccs1. The fourth-order valence-corrected chi connectivity index (χ4v) is 2.13. The number of hydrogen-bond acceptors (Lipinski definition) is 3. The average Bonchev–Trinajstić information content (AvgIpc) is 2.82. The van der Waals surface area contributed by atoms with Gasteiger partial charge in [-0.25, -0.2) is 0 Å². The summed E-state index contributed by atoms with van der Waals surface area (Å²) < 4.78 is 0. The highest BCUT2D eigenvalue weighted by Crippen LogP contribution is 2.15. The Morgan fingerprint density at radius 1 is 1.29 bits per heavy atom. The molecule has 86 valence electrons. The lowest BCUT2D eigenvalue weighted by atomic mass is 10.3. The summed E-state index contributed by atoms with van der Waals surface area (Å²) in [6.45, 7) is 0. The molecule has 1 N–H and O–H groups in total. The second-order valence-corrected chi connectivity index (χ2v) is 4.71. The second kappa shape index (κ2) is 5.66. The van der Waals surface area contributed by atoms with Crippen molar-refractivity contribution in [2.45, 2.75) is 0 Å². The van der Waals surface area contributed by atoms with Crippen LogP contribution in [-0.4, -0.2) is 5.78 Å². The Morgan fingerprint density at radius 2 is 2.18 bits per heavy atom. The van der Waals surface area contributed by atoms with Crippen molar-refractivity contribution in [3.8, 4) is 0 Å². The molecule has 0 fully saturated rings. The van der Waals surface area contributed by atoms with E-state index in [1.165, 1.54) is 17.4 Å². The van der Waals surface area contributed by atoms with Crippen LogP contribution in [0.5, 0.6) is 0 Å². The molecule has 1 aromatic carbocycles. The van der Waals surface area contributed by atoms with Gasteiger partial charge in [0.1, 0.15) is 0 Å². The lowest BCUT2D eigenvalue weighted by Gasteiger charge is -1.99. The molecule has 0 aliphatic carbocycles. The van der Waals surface area contributed by atoms with E-state index >= 15 is 0 Å². The number of carbonyl (C=O) groups excluding carboxylic acids is 1. The van der Waals surface area contributed by atoms with E-state index in [1.54, 1.807) is 24.4 Å². The smallest absolute Gasteiger partial charge is 0.197 e. The monoisotopic (exact) mass is 263 g/mol. The van der Waals surface area contributed by atoms with Crippen LogP contribution < -0.4 is 5.32 Å². The molecule has 0 atom stereocenters. The predicted molar refractivity (Wildman–Crippen MR) is 72.9 cm³/mol. The molecule has 0 amide bonds. The third-order valence-electron chi connectivity index (χ3n) is 2.07. The topological polar surface area (TPSA) is 29.1 Å². The van der Waals surface area contributed by atoms with Gasteiger partial charge in [0.25, 0.3) is 0 Å². The van der Waals surface area contributed by atoms with Crippen LogP contribution >= 0.6 is 22.9 Å². The van der Waals surface area contributed by atoms with Crippen LogP contribution in [0.4, 0.5) is 5.69 Å². The number of rotatable bonds is 4. The summed E-state index contributed by atoms with van der Waals surface area (Å²) in [6.07, 6.45) is 3.13. The summed E-state index contributed by atoms with van der Waals surface area (Å²) in [5, 5.41) is 5.54. The number of ketones is 1. The molecule has 4 heteroatoms. The molecular weight excluding hydrogens is 254 g/mol. The lowest BCUT2D eigenvalue weighted by Crippen LogP contribution is -1.93. The average molecular weight is 264 g/mol. The molecule has 1 aromatic heterocycles. The third kappa shape index (κ3) is 3.44. The summed E-state index contributed by atoms with van der Waals surface area (Å²) in [5.74, 6) is -0.00507. The molecule has 0 aliphatic heterocycles. The molecule has 2 rings (SSSR count). The molecule has 0 saturated carbocycles. The van der Waals surface area contributed by atoms with Crippen LogP contribution in [0.3, 0.4) is 0 Å². The first-order valence-electron chi connectivity index (χ1n) is 5.02. The van der Waals surface area contributed by atoms with Crippen LogP contribution in [-0.2, 0) is 0 Å². The van der Waals surface area contributed by atoms with Crippen molar-refractivity contribution >= 4 is 34.4 Å². The Kier molecular flexibility index (Phi) is 3.96. The second-order valence-electron chi connectivity index (χ2n) is 3.33. The van der Waals surface area contributed by atoms with Crippen LogP contribution in [0.15, 0.2) is 54.1 Å². The maximum absolute atomic E-state index is 11.6. The summed E-state index contributed by atoms with van der Waals surface area (Å²) >= 11 is 7.27. The molecule has 2 nitrogen and oxygen atoms in total. The van der Waals surface area contributed by atoms with Gasteiger partial charge in [0, 0.05) is 23.0 Å². The summed E-state index contributed by atoms with van der Waals surface area (Å²) in [6, 6.07) is 11.0. The first-order valence-corrected chi connectivity index (χ1v) is 6.28. The molecule has 0 saturated heterocycles. The van der Waals surface area contributed by atoms with Gasteiger partial charge in [0.2, 0.25) is 0 Å². The fraction of sp³-hybridized carbons (Fsp3) is 0. The maximum atomic E-state index is 11.6. The van der Waals surface area contributed by atoms with Gasteiger partial charge in [-0.2, -0.15) is 0 Å². The number of thiophene rings is 1. The van der Waals surface area contributed by atoms with E-state index in [0.717, 1.165) is 10.6 Å². The Labute approximate surface area is 109 Å². The van der Waals surface area contributed by atoms with Crippen molar-refractivity contribution in [1.29, 1.82) is 0 Å². The minimum absolute atomic E-state index is 0.00507. The van der Waals surface area contributed by atoms with E-state index in [4.69, 9.17) is 11.6 Å². The summed E-state index contributed by atoms with van der Waals surface area (Å²) in [7, 11) is 0. The van der Waals surface area contributed by atoms with Gasteiger partial charge < -0.3 is 5.32 Å². The van der Waals surface area contributed by atoms with Crippen molar-refractivity contribution < 1.29 is 4.79 Å². The first-order chi connectivity index (χ1) is 8.25. The van der Waals surface area contributed by atoms with Crippen LogP contribution in [0.2, 0.25) is 5.02 Å². The molecule has 1 heterocycles. The van der Waals surface area contributed by atoms with Gasteiger partial charge in [0.15, 0.2) is 5.78 Å². The van der Waals surface area contributed by atoms with E-state index < -0.39 is 0 Å². The first kappa shape index (κ1) is 11.9. The number of benzene rings is 1. The van der Waals surface area contributed by atoms with Gasteiger partial charge in [-0.05, 0) is 29.6 Å². The molecule has 0 bridgehead atoms. The maximum Gasteiger partial charge on any atom is 0.197 e. The van der Waals surface area contributed by atoms with E-state index in [2.05, 4.69) is 5.32 Å². The Balaban J connectivity index is 1.96. The molecule has 0 radical (unpaired) electrons. The van der Waals surface area contributed by atoms with Crippen molar-refractivity contribution in [3.63, 3.8) is 0 Å². The molecule has 0 spiro atoms. The zero-order valence-electron chi connectivity index (χ0n) is 8.89. The van der Waals surface area contributed by atoms with E-state index in [0.29, 0.717) is 5.02 Å². The van der Waals surface area contributed by atoms with Gasteiger partial charge in [-0.15, -0.1) is 11.3 Å². The van der Waals surface area contributed by atoms with Crippen LogP contribution in [0, 0.1) is 0 Å². The fourth-order valence-electron chi connectivity index (χ4n) is 1.29. The van der Waals surface area contributed by atoms with Gasteiger partial charge in [-0.1, -0.05) is 23.7 Å². The minimum Gasteiger partial charge on any atom is -0.362 e. The number of hydrogen-bond donors (Lipinski definition) is 1. The molecule has 0 aliphatic rings. The lowest BCUT2D eigenvalue weighted by molar-refractivity contribution is 0.105. The van der Waals surface area contributed by atoms with E-state index in [9.17, 15) is 4.79 Å². The van der Waals surface area contributed by atoms with E-state index in [-0.39, 0.29) is 5.78 Å². The predicted octanol–water partition coefficient (Wildman–Crippen LogP) is 4.21. The highest BCUT2D eigenvalue weighted by atomic mass is 35.5. The van der Waals surface area contributed by atoms with Gasteiger partial charge >= 0.3 is 0 Å². The molecule has 0 unspecified atom stereocenters. The zero-order valence-corrected chi connectivity index (χ0v) is 10.5. The van der Waals surface area contributed by atoms with E-state index in [1.807, 2.05) is 23.6 Å². The van der Waals surface area contributed by atoms with Crippen molar-refractivity contribution in [2.24, 2.45) is 0 Å². The van der Waals surface area contributed by atoms with Crippen molar-refractivity contribution in [2.75, 3.05) is 5.32 Å². The van der Waals surface area contributed by atoms with Crippen LogP contribution in [0.25, 0.3) is 0 Å². The zero-order chi connectivity index (χ0) is 12.1. The number of anilines is 1. The number of carbonyl (C=O) groups is 1. The molecule has 2 aromatic rings. The van der Waals surface area contributed by atoms with Crippen molar-refractivity contribution in [3.05, 3.63) is 64.0 Å². The van der Waals surface area contributed by atoms with Gasteiger partial charge in [-0.3, -0.25) is 4.79 Å². The highest BCUT2D eigenvalue weighted by molar-refractivity contribution is 7.12. The summed E-state index contributed by atoms with van der Waals surface area (Å²) in [4.78, 5) is 12.4. The molecule has 17 heavy (non-hydrogen) atoms. The Hall–Kier alpha value is -1.58. The number of allylic oxidation sites excluding steroid dienone is 1. The van der Waals surface area contributed by atoms with Crippen molar-refractivity contribution in [1.82, 2.24) is 0 Å². The Morgan fingerprint density at radius 3 is 2.88 bits per heavy atom. The Bertz CT molecular complexity index is 534. The normalized spacial score (nSPS) is 10.6. The molecular formula is C13H10ClNOS. The number of nitrogens with one attached hydrogen (secondary N) is 1. The largest absolute Gasteiger partial charge is 0.362 e. The van der Waals surface area contributed by atoms with Gasteiger partial charge in [0.05, 0.1) is 4.88 Å². The number of halogens is 1. The third-order valence-corrected chi connectivity index (χ3v) is 3.19. The quantitative estimate of drug-likeness (QED) is 0.661. The minimum atomic E-state index is -0.00507. The van der Waals surface area contributed by atoms with Crippen LogP contribution in [0.1, 0.15) is 9.67 Å².